The largest absolute Gasteiger partial charge is 0.352 e. The SMILES string of the molecule is CC(Cl)c1ccc2c(c1)C(=O)NCC2. The molecule has 2 nitrogen and oxygen atoms in total. The number of nitrogens with one attached hydrogen (secondary N) is 1. The Morgan fingerprint density at radius 2 is 2.29 bits per heavy atom. The maximum atomic E-state index is 11.5. The summed E-state index contributed by atoms with van der Waals surface area (Å²) in [5, 5.41) is 2.78. The first-order valence-electron chi connectivity index (χ1n) is 4.73. The Labute approximate surface area is 88.3 Å². The zero-order valence-electron chi connectivity index (χ0n) is 8.01. The number of hydrogen-bond acceptors (Lipinski definition) is 1. The van der Waals surface area contributed by atoms with Crippen molar-refractivity contribution in [2.75, 3.05) is 6.54 Å². The molecule has 1 unspecified atom stereocenters. The molecule has 0 spiro atoms. The quantitative estimate of drug-likeness (QED) is 0.707. The third-order valence-electron chi connectivity index (χ3n) is 2.52. The standard InChI is InChI=1S/C11H12ClNO/c1-7(12)9-3-2-8-4-5-13-11(14)10(8)6-9/h2-3,6-7H,4-5H2,1H3,(H,13,14). The highest BCUT2D eigenvalue weighted by molar-refractivity contribution is 6.20. The van der Waals surface area contributed by atoms with Crippen LogP contribution in [0.25, 0.3) is 0 Å². The van der Waals surface area contributed by atoms with Crippen LogP contribution in [0, 0.1) is 0 Å². The van der Waals surface area contributed by atoms with Crippen LogP contribution in [0.3, 0.4) is 0 Å². The number of amides is 1. The van der Waals surface area contributed by atoms with Crippen LogP contribution in [0.5, 0.6) is 0 Å². The second-order valence-corrected chi connectivity index (χ2v) is 4.19. The van der Waals surface area contributed by atoms with E-state index in [1.807, 2.05) is 25.1 Å². The third kappa shape index (κ3) is 1.62. The van der Waals surface area contributed by atoms with Gasteiger partial charge in [-0.05, 0) is 30.5 Å². The summed E-state index contributed by atoms with van der Waals surface area (Å²) in [7, 11) is 0. The summed E-state index contributed by atoms with van der Waals surface area (Å²) < 4.78 is 0. The summed E-state index contributed by atoms with van der Waals surface area (Å²) in [6.07, 6.45) is 0.915. The molecule has 0 saturated carbocycles. The van der Waals surface area contributed by atoms with Gasteiger partial charge < -0.3 is 5.32 Å². The summed E-state index contributed by atoms with van der Waals surface area (Å²) in [4.78, 5) is 11.5. The minimum absolute atomic E-state index is 0.0189. The van der Waals surface area contributed by atoms with E-state index >= 15 is 0 Å². The molecule has 1 aromatic rings. The highest BCUT2D eigenvalue weighted by Gasteiger charge is 2.17. The molecule has 74 valence electrons. The van der Waals surface area contributed by atoms with Gasteiger partial charge in [-0.1, -0.05) is 12.1 Å². The molecular weight excluding hydrogens is 198 g/mol. The molecule has 0 bridgehead atoms. The van der Waals surface area contributed by atoms with E-state index in [-0.39, 0.29) is 11.3 Å². The molecule has 1 aromatic carbocycles. The summed E-state index contributed by atoms with van der Waals surface area (Å²) in [5.41, 5.74) is 2.90. The number of fused-ring (bicyclic) bond motifs is 1. The van der Waals surface area contributed by atoms with Crippen molar-refractivity contribution in [1.82, 2.24) is 5.32 Å². The van der Waals surface area contributed by atoms with Crippen molar-refractivity contribution in [3.05, 3.63) is 34.9 Å². The summed E-state index contributed by atoms with van der Waals surface area (Å²) in [6.45, 7) is 2.64. The monoisotopic (exact) mass is 209 g/mol. The predicted molar refractivity (Wildman–Crippen MR) is 56.7 cm³/mol. The van der Waals surface area contributed by atoms with Gasteiger partial charge in [-0.15, -0.1) is 11.6 Å². The molecule has 0 fully saturated rings. The topological polar surface area (TPSA) is 29.1 Å². The van der Waals surface area contributed by atoms with Gasteiger partial charge in [-0.3, -0.25) is 4.79 Å². The second kappa shape index (κ2) is 3.62. The molecule has 0 saturated heterocycles. The Bertz CT molecular complexity index is 374. The van der Waals surface area contributed by atoms with Gasteiger partial charge in [-0.2, -0.15) is 0 Å². The van der Waals surface area contributed by atoms with Crippen LogP contribution in [-0.4, -0.2) is 12.5 Å². The van der Waals surface area contributed by atoms with Crippen LogP contribution < -0.4 is 5.32 Å². The molecule has 1 heterocycles. The van der Waals surface area contributed by atoms with Crippen molar-refractivity contribution in [3.63, 3.8) is 0 Å². The number of hydrogen-bond donors (Lipinski definition) is 1. The van der Waals surface area contributed by atoms with Crippen molar-refractivity contribution in [2.24, 2.45) is 0 Å². The Kier molecular flexibility index (Phi) is 2.46. The summed E-state index contributed by atoms with van der Waals surface area (Å²) in [5.74, 6) is 0.0189. The van der Waals surface area contributed by atoms with Crippen molar-refractivity contribution >= 4 is 17.5 Å². The van der Waals surface area contributed by atoms with Gasteiger partial charge >= 0.3 is 0 Å². The highest BCUT2D eigenvalue weighted by atomic mass is 35.5. The smallest absolute Gasteiger partial charge is 0.251 e. The van der Waals surface area contributed by atoms with Crippen molar-refractivity contribution in [1.29, 1.82) is 0 Å². The van der Waals surface area contributed by atoms with E-state index in [4.69, 9.17) is 11.6 Å². The zero-order chi connectivity index (χ0) is 10.1. The molecule has 1 aliphatic rings. The van der Waals surface area contributed by atoms with Crippen LogP contribution >= 0.6 is 11.6 Å². The van der Waals surface area contributed by atoms with Gasteiger partial charge in [0, 0.05) is 12.1 Å². The van der Waals surface area contributed by atoms with E-state index < -0.39 is 0 Å². The number of benzene rings is 1. The second-order valence-electron chi connectivity index (χ2n) is 3.54. The fourth-order valence-corrected chi connectivity index (χ4v) is 1.81. The van der Waals surface area contributed by atoms with Gasteiger partial charge in [0.15, 0.2) is 0 Å². The molecule has 1 amide bonds. The van der Waals surface area contributed by atoms with Crippen LogP contribution in [0.15, 0.2) is 18.2 Å². The Hall–Kier alpha value is -1.02. The molecule has 1 aliphatic heterocycles. The van der Waals surface area contributed by atoms with E-state index in [0.29, 0.717) is 0 Å². The number of carbonyl (C=O) groups is 1. The molecule has 0 aromatic heterocycles. The minimum atomic E-state index is -0.0463. The Morgan fingerprint density at radius 1 is 1.50 bits per heavy atom. The van der Waals surface area contributed by atoms with Gasteiger partial charge in [-0.25, -0.2) is 0 Å². The number of carbonyl (C=O) groups excluding carboxylic acids is 1. The molecular formula is C11H12ClNO. The van der Waals surface area contributed by atoms with Crippen molar-refractivity contribution in [2.45, 2.75) is 18.7 Å². The Balaban J connectivity index is 2.46. The zero-order valence-corrected chi connectivity index (χ0v) is 8.77. The fraction of sp³-hybridized carbons (Fsp3) is 0.364. The van der Waals surface area contributed by atoms with Crippen molar-refractivity contribution < 1.29 is 4.79 Å². The lowest BCUT2D eigenvalue weighted by molar-refractivity contribution is 0.0946. The Morgan fingerprint density at radius 3 is 3.00 bits per heavy atom. The molecule has 14 heavy (non-hydrogen) atoms. The first-order chi connectivity index (χ1) is 6.68. The normalized spacial score (nSPS) is 17.1. The maximum Gasteiger partial charge on any atom is 0.251 e. The number of rotatable bonds is 1. The minimum Gasteiger partial charge on any atom is -0.352 e. The number of halogens is 1. The van der Waals surface area contributed by atoms with E-state index in [1.54, 1.807) is 0 Å². The maximum absolute atomic E-state index is 11.5. The van der Waals surface area contributed by atoms with E-state index in [1.165, 1.54) is 0 Å². The van der Waals surface area contributed by atoms with Gasteiger partial charge in [0.05, 0.1) is 5.38 Å². The molecule has 1 N–H and O–H groups in total. The van der Waals surface area contributed by atoms with Gasteiger partial charge in [0.1, 0.15) is 0 Å². The molecule has 0 aliphatic carbocycles. The number of alkyl halides is 1. The van der Waals surface area contributed by atoms with E-state index in [0.717, 1.165) is 29.7 Å². The fourth-order valence-electron chi connectivity index (χ4n) is 1.68. The lowest BCUT2D eigenvalue weighted by Gasteiger charge is -2.17. The van der Waals surface area contributed by atoms with Crippen LogP contribution in [0.4, 0.5) is 0 Å². The third-order valence-corrected chi connectivity index (χ3v) is 2.77. The molecule has 3 heteroatoms. The molecule has 0 radical (unpaired) electrons. The summed E-state index contributed by atoms with van der Waals surface area (Å²) in [6, 6.07) is 5.89. The predicted octanol–water partition coefficient (Wildman–Crippen LogP) is 2.27. The van der Waals surface area contributed by atoms with Crippen LogP contribution in [0.1, 0.15) is 33.8 Å². The first kappa shape index (κ1) is 9.53. The van der Waals surface area contributed by atoms with Crippen LogP contribution in [-0.2, 0) is 6.42 Å². The highest BCUT2D eigenvalue weighted by Crippen LogP contribution is 2.23. The molecule has 1 atom stereocenters. The summed E-state index contributed by atoms with van der Waals surface area (Å²) >= 11 is 5.96. The van der Waals surface area contributed by atoms with E-state index in [2.05, 4.69) is 5.32 Å². The van der Waals surface area contributed by atoms with E-state index in [9.17, 15) is 4.79 Å². The van der Waals surface area contributed by atoms with Crippen molar-refractivity contribution in [3.8, 4) is 0 Å². The van der Waals surface area contributed by atoms with Gasteiger partial charge in [0.25, 0.3) is 5.91 Å². The average molecular weight is 210 g/mol. The van der Waals surface area contributed by atoms with Gasteiger partial charge in [0.2, 0.25) is 0 Å². The average Bonchev–Trinajstić information content (AvgIpc) is 2.18. The van der Waals surface area contributed by atoms with Crippen LogP contribution in [0.2, 0.25) is 0 Å². The lowest BCUT2D eigenvalue weighted by atomic mass is 9.97. The first-order valence-corrected chi connectivity index (χ1v) is 5.17. The lowest BCUT2D eigenvalue weighted by Crippen LogP contribution is -2.31. The molecule has 2 rings (SSSR count).